The van der Waals surface area contributed by atoms with Crippen LogP contribution in [0.25, 0.3) is 0 Å². The number of benzene rings is 1. The van der Waals surface area contributed by atoms with Crippen molar-refractivity contribution >= 4 is 59.0 Å². The third-order valence-electron chi connectivity index (χ3n) is 5.45. The second-order valence-electron chi connectivity index (χ2n) is 8.34. The number of nitrogens with one attached hydrogen (secondary N) is 3. The average molecular weight is 575 g/mol. The molecule has 0 spiro atoms. The van der Waals surface area contributed by atoms with E-state index in [1.165, 1.54) is 35.7 Å². The molecule has 4 atom stereocenters. The van der Waals surface area contributed by atoms with Gasteiger partial charge in [0.1, 0.15) is 23.9 Å². The summed E-state index contributed by atoms with van der Waals surface area (Å²) in [7, 11) is 0. The Morgan fingerprint density at radius 2 is 1.22 bits per heavy atom. The summed E-state index contributed by atoms with van der Waals surface area (Å²) in [4.78, 5) is 50.6. The Morgan fingerprint density at radius 3 is 1.76 bits per heavy atom. The molecule has 0 bridgehead atoms. The molecule has 1 aromatic rings. The number of phenols is 1. The zero-order valence-electron chi connectivity index (χ0n) is 21.4. The molecule has 0 fully saturated rings. The van der Waals surface area contributed by atoms with Gasteiger partial charge in [-0.3, -0.25) is 14.4 Å². The normalized spacial score (nSPS) is 14.2. The molecule has 0 radical (unpaired) electrons. The molecule has 0 aromatic heterocycles. The van der Waals surface area contributed by atoms with Gasteiger partial charge in [0.15, 0.2) is 0 Å². The fraction of sp³-hybridized carbons (Fsp3) is 0.583. The van der Waals surface area contributed by atoms with Crippen LogP contribution >= 0.6 is 35.3 Å². The second-order valence-corrected chi connectivity index (χ2v) is 11.3. The highest BCUT2D eigenvalue weighted by Gasteiger charge is 2.30. The van der Waals surface area contributed by atoms with E-state index in [2.05, 4.69) is 16.0 Å². The first-order chi connectivity index (χ1) is 17.6. The molecule has 10 nitrogen and oxygen atoms in total. The third kappa shape index (κ3) is 12.8. The van der Waals surface area contributed by atoms with Crippen molar-refractivity contribution < 1.29 is 29.4 Å². The monoisotopic (exact) mass is 574 g/mol. The fourth-order valence-corrected chi connectivity index (χ4v) is 4.71. The predicted molar refractivity (Wildman–Crippen MR) is 152 cm³/mol. The number of nitrogens with two attached hydrogens (primary N) is 1. The van der Waals surface area contributed by atoms with Crippen LogP contribution in [0.3, 0.4) is 0 Å². The van der Waals surface area contributed by atoms with Crippen molar-refractivity contribution in [1.82, 2.24) is 16.0 Å². The summed E-state index contributed by atoms with van der Waals surface area (Å²) in [6.07, 6.45) is 6.68. The lowest BCUT2D eigenvalue weighted by Gasteiger charge is -2.25. The van der Waals surface area contributed by atoms with E-state index in [0.29, 0.717) is 29.2 Å². The van der Waals surface area contributed by atoms with Crippen LogP contribution in [0.1, 0.15) is 24.8 Å². The first-order valence-corrected chi connectivity index (χ1v) is 15.9. The zero-order valence-corrected chi connectivity index (χ0v) is 23.8. The number of carbonyl (C=O) groups is 4. The van der Waals surface area contributed by atoms with Gasteiger partial charge in [-0.05, 0) is 73.0 Å². The zero-order chi connectivity index (χ0) is 27.8. The van der Waals surface area contributed by atoms with Gasteiger partial charge in [-0.25, -0.2) is 4.79 Å². The first-order valence-electron chi connectivity index (χ1n) is 11.8. The second kappa shape index (κ2) is 18.2. The Balaban J connectivity index is 3.07. The predicted octanol–water partition coefficient (Wildman–Crippen LogP) is 1.06. The first kappa shape index (κ1) is 32.9. The summed E-state index contributed by atoms with van der Waals surface area (Å²) >= 11 is 4.51. The third-order valence-corrected chi connectivity index (χ3v) is 7.38. The van der Waals surface area contributed by atoms with Crippen LogP contribution in [-0.2, 0) is 25.6 Å². The lowest BCUT2D eigenvalue weighted by Crippen LogP contribution is -2.57. The van der Waals surface area contributed by atoms with E-state index in [0.717, 1.165) is 0 Å². The summed E-state index contributed by atoms with van der Waals surface area (Å²) in [5.41, 5.74) is 6.67. The Labute approximate surface area is 231 Å². The maximum atomic E-state index is 13.3. The Bertz CT molecular complexity index is 875. The van der Waals surface area contributed by atoms with Gasteiger partial charge < -0.3 is 31.9 Å². The molecule has 0 aliphatic heterocycles. The standard InChI is InChI=1S/C24H38N4O6S3/c1-35-11-8-17(25)21(30)28-20(14-15-4-6-16(29)7-5-15)23(32)26-18(9-12-36-2)22(31)27-19(24(33)34)10-13-37-3/h4-7,17-20,29H,8-14,25H2,1-3H3,(H,26,32)(H,27,31)(H,28,30)(H,33,34). The van der Waals surface area contributed by atoms with E-state index >= 15 is 0 Å². The van der Waals surface area contributed by atoms with E-state index in [-0.39, 0.29) is 25.0 Å². The number of amides is 3. The minimum Gasteiger partial charge on any atom is -0.508 e. The number of thioether (sulfide) groups is 3. The molecular formula is C24H38N4O6S3. The molecule has 1 aromatic carbocycles. The Morgan fingerprint density at radius 1 is 0.757 bits per heavy atom. The van der Waals surface area contributed by atoms with E-state index < -0.39 is 47.9 Å². The minimum atomic E-state index is -1.14. The van der Waals surface area contributed by atoms with Gasteiger partial charge in [-0.15, -0.1) is 0 Å². The smallest absolute Gasteiger partial charge is 0.326 e. The molecule has 7 N–H and O–H groups in total. The van der Waals surface area contributed by atoms with Gasteiger partial charge in [-0.2, -0.15) is 35.3 Å². The summed E-state index contributed by atoms with van der Waals surface area (Å²) in [5.74, 6) is -0.961. The van der Waals surface area contributed by atoms with Gasteiger partial charge in [0.2, 0.25) is 17.7 Å². The molecule has 0 saturated heterocycles. The lowest BCUT2D eigenvalue weighted by molar-refractivity contribution is -0.142. The number of aliphatic carboxylic acids is 1. The SMILES string of the molecule is CSCCC(N)C(=O)NC(Cc1ccc(O)cc1)C(=O)NC(CCSC)C(=O)NC(CCSC)C(=O)O. The van der Waals surface area contributed by atoms with E-state index in [9.17, 15) is 29.4 Å². The molecular weight excluding hydrogens is 536 g/mol. The largest absolute Gasteiger partial charge is 0.508 e. The number of hydrogen-bond donors (Lipinski definition) is 6. The number of carboxylic acids is 1. The van der Waals surface area contributed by atoms with Crippen LogP contribution in [0.5, 0.6) is 5.75 Å². The van der Waals surface area contributed by atoms with Crippen LogP contribution in [-0.4, -0.2) is 94.1 Å². The Hall–Kier alpha value is -2.09. The number of rotatable bonds is 18. The van der Waals surface area contributed by atoms with E-state index in [4.69, 9.17) is 5.73 Å². The van der Waals surface area contributed by atoms with Gasteiger partial charge in [0, 0.05) is 6.42 Å². The van der Waals surface area contributed by atoms with Crippen LogP contribution in [0, 0.1) is 0 Å². The van der Waals surface area contributed by atoms with Crippen molar-refractivity contribution in [2.24, 2.45) is 5.73 Å². The molecule has 0 aliphatic rings. The maximum Gasteiger partial charge on any atom is 0.326 e. The number of aromatic hydroxyl groups is 1. The quantitative estimate of drug-likeness (QED) is 0.149. The van der Waals surface area contributed by atoms with Gasteiger partial charge >= 0.3 is 5.97 Å². The minimum absolute atomic E-state index is 0.0659. The van der Waals surface area contributed by atoms with Crippen molar-refractivity contribution in [3.05, 3.63) is 29.8 Å². The molecule has 208 valence electrons. The molecule has 37 heavy (non-hydrogen) atoms. The average Bonchev–Trinajstić information content (AvgIpc) is 2.87. The van der Waals surface area contributed by atoms with Gasteiger partial charge in [0.25, 0.3) is 0 Å². The van der Waals surface area contributed by atoms with E-state index in [1.807, 2.05) is 18.8 Å². The number of phenolic OH excluding ortho intramolecular Hbond substituents is 1. The number of hydrogen-bond acceptors (Lipinski definition) is 9. The Kier molecular flexibility index (Phi) is 16.2. The van der Waals surface area contributed by atoms with Crippen molar-refractivity contribution in [3.8, 4) is 5.75 Å². The number of carboxylic acid groups (broad SMARTS) is 1. The van der Waals surface area contributed by atoms with Crippen molar-refractivity contribution in [2.45, 2.75) is 49.9 Å². The summed E-state index contributed by atoms with van der Waals surface area (Å²) in [6.45, 7) is 0. The van der Waals surface area contributed by atoms with Crippen LogP contribution < -0.4 is 21.7 Å². The topological polar surface area (TPSA) is 171 Å². The lowest BCUT2D eigenvalue weighted by atomic mass is 10.0. The van der Waals surface area contributed by atoms with Gasteiger partial charge in [0.05, 0.1) is 6.04 Å². The highest BCUT2D eigenvalue weighted by atomic mass is 32.2. The highest BCUT2D eigenvalue weighted by molar-refractivity contribution is 7.98. The van der Waals surface area contributed by atoms with Crippen molar-refractivity contribution in [3.63, 3.8) is 0 Å². The van der Waals surface area contributed by atoms with Crippen LogP contribution in [0.15, 0.2) is 24.3 Å². The van der Waals surface area contributed by atoms with E-state index in [1.54, 1.807) is 23.9 Å². The summed E-state index contributed by atoms with van der Waals surface area (Å²) in [6, 6.07) is 2.33. The molecule has 0 aliphatic carbocycles. The number of carbonyl (C=O) groups excluding carboxylic acids is 3. The molecule has 0 saturated carbocycles. The fourth-order valence-electron chi connectivity index (χ4n) is 3.27. The molecule has 4 unspecified atom stereocenters. The molecule has 13 heteroatoms. The summed E-state index contributed by atoms with van der Waals surface area (Å²) in [5, 5.41) is 27.0. The van der Waals surface area contributed by atoms with Crippen LogP contribution in [0.4, 0.5) is 0 Å². The highest BCUT2D eigenvalue weighted by Crippen LogP contribution is 2.13. The van der Waals surface area contributed by atoms with Crippen LogP contribution in [0.2, 0.25) is 0 Å². The molecule has 3 amide bonds. The van der Waals surface area contributed by atoms with Crippen molar-refractivity contribution in [1.29, 1.82) is 0 Å². The molecule has 1 rings (SSSR count). The summed E-state index contributed by atoms with van der Waals surface area (Å²) < 4.78 is 0. The van der Waals surface area contributed by atoms with Gasteiger partial charge in [-0.1, -0.05) is 12.1 Å². The van der Waals surface area contributed by atoms with Crippen molar-refractivity contribution in [2.75, 3.05) is 36.0 Å². The maximum absolute atomic E-state index is 13.3. The molecule has 0 heterocycles.